The molecule has 0 aliphatic carbocycles. The summed E-state index contributed by atoms with van der Waals surface area (Å²) in [7, 11) is 1.57. The van der Waals surface area contributed by atoms with Crippen LogP contribution in [0.3, 0.4) is 0 Å². The van der Waals surface area contributed by atoms with Crippen molar-refractivity contribution >= 4 is 5.82 Å². The zero-order valence-corrected chi connectivity index (χ0v) is 8.56. The van der Waals surface area contributed by atoms with Gasteiger partial charge in [-0.25, -0.2) is 10.8 Å². The van der Waals surface area contributed by atoms with E-state index in [0.717, 1.165) is 0 Å². The van der Waals surface area contributed by atoms with E-state index in [0.29, 0.717) is 30.7 Å². The fourth-order valence-electron chi connectivity index (χ4n) is 0.959. The smallest absolute Gasteiger partial charge is 0.219 e. The van der Waals surface area contributed by atoms with Crippen molar-refractivity contribution in [3.63, 3.8) is 0 Å². The first-order valence-corrected chi connectivity index (χ1v) is 4.37. The fraction of sp³-hybridized carbons (Fsp3) is 0.333. The van der Waals surface area contributed by atoms with Crippen molar-refractivity contribution in [1.82, 2.24) is 9.97 Å². The van der Waals surface area contributed by atoms with Crippen LogP contribution in [0.15, 0.2) is 18.7 Å². The summed E-state index contributed by atoms with van der Waals surface area (Å²) in [5, 5.41) is 0. The Balaban J connectivity index is 2.84. The van der Waals surface area contributed by atoms with E-state index in [1.54, 1.807) is 19.3 Å². The molecule has 0 aromatic carbocycles. The lowest BCUT2D eigenvalue weighted by Gasteiger charge is -2.07. The Bertz CT molecular complexity index is 330. The highest BCUT2D eigenvalue weighted by Gasteiger charge is 2.04. The summed E-state index contributed by atoms with van der Waals surface area (Å²) in [6, 6.07) is 1.60. The molecule has 1 rings (SSSR count). The highest BCUT2D eigenvalue weighted by molar-refractivity contribution is 5.36. The number of hydrazine groups is 1. The largest absolute Gasteiger partial charge is 0.473 e. The summed E-state index contributed by atoms with van der Waals surface area (Å²) in [4.78, 5) is 8.18. The van der Waals surface area contributed by atoms with E-state index in [2.05, 4.69) is 22.0 Å². The Hall–Kier alpha value is -1.66. The van der Waals surface area contributed by atoms with E-state index < -0.39 is 0 Å². The number of aromatic nitrogens is 2. The van der Waals surface area contributed by atoms with Gasteiger partial charge in [-0.15, -0.1) is 0 Å². The van der Waals surface area contributed by atoms with Gasteiger partial charge in [-0.1, -0.05) is 12.7 Å². The highest BCUT2D eigenvalue weighted by atomic mass is 16.5. The van der Waals surface area contributed by atoms with Crippen LogP contribution >= 0.6 is 0 Å². The predicted octanol–water partition coefficient (Wildman–Crippen LogP) is 0.473. The van der Waals surface area contributed by atoms with Gasteiger partial charge in [0.25, 0.3) is 0 Å². The number of hydrogen-bond acceptors (Lipinski definition) is 6. The van der Waals surface area contributed by atoms with Crippen molar-refractivity contribution in [2.24, 2.45) is 5.84 Å². The van der Waals surface area contributed by atoms with Gasteiger partial charge in [0.1, 0.15) is 19.0 Å². The molecule has 1 aromatic heterocycles. The lowest BCUT2D eigenvalue weighted by atomic mass is 10.5. The third-order valence-corrected chi connectivity index (χ3v) is 1.52. The van der Waals surface area contributed by atoms with Gasteiger partial charge in [0.05, 0.1) is 0 Å². The molecule has 0 unspecified atom stereocenters. The van der Waals surface area contributed by atoms with Crippen molar-refractivity contribution in [1.29, 1.82) is 0 Å². The van der Waals surface area contributed by atoms with Gasteiger partial charge in [-0.2, -0.15) is 4.98 Å². The third kappa shape index (κ3) is 3.53. The zero-order chi connectivity index (χ0) is 11.1. The Labute approximate surface area is 88.1 Å². The molecule has 0 aliphatic heterocycles. The zero-order valence-electron chi connectivity index (χ0n) is 8.56. The molecule has 0 aliphatic rings. The van der Waals surface area contributed by atoms with Gasteiger partial charge in [0.15, 0.2) is 5.82 Å². The molecule has 0 radical (unpaired) electrons. The van der Waals surface area contributed by atoms with Gasteiger partial charge >= 0.3 is 0 Å². The summed E-state index contributed by atoms with van der Waals surface area (Å²) in [5.41, 5.74) is 2.43. The first kappa shape index (κ1) is 11.4. The maximum atomic E-state index is 5.26. The number of nitrogens with zero attached hydrogens (tertiary/aromatic N) is 2. The van der Waals surface area contributed by atoms with Gasteiger partial charge < -0.3 is 14.9 Å². The maximum Gasteiger partial charge on any atom is 0.219 e. The first-order chi connectivity index (χ1) is 7.30. The van der Waals surface area contributed by atoms with Crippen LogP contribution < -0.4 is 16.0 Å². The van der Waals surface area contributed by atoms with E-state index in [1.807, 2.05) is 0 Å². The number of rotatable bonds is 6. The molecular weight excluding hydrogens is 196 g/mol. The van der Waals surface area contributed by atoms with E-state index in [-0.39, 0.29) is 0 Å². The van der Waals surface area contributed by atoms with E-state index in [9.17, 15) is 0 Å². The Morgan fingerprint density at radius 3 is 3.00 bits per heavy atom. The van der Waals surface area contributed by atoms with Gasteiger partial charge in [-0.05, 0) is 0 Å². The van der Waals surface area contributed by atoms with Crippen LogP contribution in [0, 0.1) is 0 Å². The summed E-state index contributed by atoms with van der Waals surface area (Å²) in [6.45, 7) is 4.23. The maximum absolute atomic E-state index is 5.26. The average molecular weight is 210 g/mol. The quantitative estimate of drug-likeness (QED) is 0.403. The second kappa shape index (κ2) is 5.94. The molecular formula is C9H14N4O2. The summed E-state index contributed by atoms with van der Waals surface area (Å²) in [5.74, 6) is 6.68. The molecule has 6 heteroatoms. The number of nitrogens with two attached hydrogens (primary N) is 1. The molecule has 0 saturated heterocycles. The molecule has 0 atom stereocenters. The van der Waals surface area contributed by atoms with Crippen molar-refractivity contribution in [2.45, 2.75) is 6.61 Å². The summed E-state index contributed by atoms with van der Waals surface area (Å²) >= 11 is 0. The molecule has 1 aromatic rings. The standard InChI is InChI=1S/C9H14N4O2/c1-3-4-15-9-5-7(13-10)11-8(12-9)6-14-2/h3,5H,1,4,6,10H2,2H3,(H,11,12,13). The molecule has 0 amide bonds. The molecule has 1 heterocycles. The van der Waals surface area contributed by atoms with E-state index >= 15 is 0 Å². The first-order valence-electron chi connectivity index (χ1n) is 4.37. The Morgan fingerprint density at radius 2 is 2.40 bits per heavy atom. The molecule has 3 N–H and O–H groups in total. The van der Waals surface area contributed by atoms with Crippen LogP contribution in [0.4, 0.5) is 5.82 Å². The molecule has 6 nitrogen and oxygen atoms in total. The van der Waals surface area contributed by atoms with Crippen LogP contribution in [0.1, 0.15) is 5.82 Å². The minimum Gasteiger partial charge on any atom is -0.473 e. The number of methoxy groups -OCH3 is 1. The lowest BCUT2D eigenvalue weighted by Crippen LogP contribution is -2.11. The number of nitrogens with one attached hydrogen (secondary N) is 1. The highest BCUT2D eigenvalue weighted by Crippen LogP contribution is 2.13. The van der Waals surface area contributed by atoms with Gasteiger partial charge in [0, 0.05) is 13.2 Å². The molecule has 0 saturated carbocycles. The number of hydrogen-bond donors (Lipinski definition) is 2. The van der Waals surface area contributed by atoms with Crippen LogP contribution in [-0.2, 0) is 11.3 Å². The topological polar surface area (TPSA) is 82.3 Å². The molecule has 0 bridgehead atoms. The van der Waals surface area contributed by atoms with E-state index in [4.69, 9.17) is 15.3 Å². The van der Waals surface area contributed by atoms with Crippen LogP contribution in [0.5, 0.6) is 5.88 Å². The minimum absolute atomic E-state index is 0.306. The average Bonchev–Trinajstić information content (AvgIpc) is 2.26. The molecule has 82 valence electrons. The normalized spacial score (nSPS) is 9.73. The molecule has 0 fully saturated rings. The summed E-state index contributed by atoms with van der Waals surface area (Å²) in [6.07, 6.45) is 1.63. The Morgan fingerprint density at radius 1 is 1.60 bits per heavy atom. The molecule has 0 spiro atoms. The minimum atomic E-state index is 0.306. The lowest BCUT2D eigenvalue weighted by molar-refractivity contribution is 0.176. The van der Waals surface area contributed by atoms with Gasteiger partial charge in [-0.3, -0.25) is 0 Å². The fourth-order valence-corrected chi connectivity index (χ4v) is 0.959. The predicted molar refractivity (Wildman–Crippen MR) is 56.2 cm³/mol. The third-order valence-electron chi connectivity index (χ3n) is 1.52. The number of ether oxygens (including phenoxy) is 2. The number of anilines is 1. The number of nitrogen functional groups attached to an aromatic ring is 1. The van der Waals surface area contributed by atoms with Crippen molar-refractivity contribution in [3.05, 3.63) is 24.5 Å². The monoisotopic (exact) mass is 210 g/mol. The van der Waals surface area contributed by atoms with Crippen LogP contribution in [0.25, 0.3) is 0 Å². The molecule has 15 heavy (non-hydrogen) atoms. The summed E-state index contributed by atoms with van der Waals surface area (Å²) < 4.78 is 10.2. The Kier molecular flexibility index (Phi) is 4.52. The SMILES string of the molecule is C=CCOc1cc(NN)nc(COC)n1. The van der Waals surface area contributed by atoms with Crippen molar-refractivity contribution in [2.75, 3.05) is 19.1 Å². The second-order valence-corrected chi connectivity index (χ2v) is 2.68. The van der Waals surface area contributed by atoms with Crippen molar-refractivity contribution in [3.8, 4) is 5.88 Å². The van der Waals surface area contributed by atoms with Gasteiger partial charge in [0.2, 0.25) is 5.88 Å². The van der Waals surface area contributed by atoms with Crippen LogP contribution in [0.2, 0.25) is 0 Å². The van der Waals surface area contributed by atoms with Crippen LogP contribution in [-0.4, -0.2) is 23.7 Å². The van der Waals surface area contributed by atoms with E-state index in [1.165, 1.54) is 0 Å². The second-order valence-electron chi connectivity index (χ2n) is 2.68. The van der Waals surface area contributed by atoms with Crippen molar-refractivity contribution < 1.29 is 9.47 Å².